The van der Waals surface area contributed by atoms with Crippen LogP contribution in [0, 0.1) is 12.9 Å². The second kappa shape index (κ2) is 2.42. The highest BCUT2D eigenvalue weighted by atomic mass is 35.5. The maximum Gasteiger partial charge on any atom is 0.237 e. The van der Waals surface area contributed by atoms with E-state index in [1.54, 1.807) is 6.92 Å². The normalized spacial score (nSPS) is 9.90. The summed E-state index contributed by atoms with van der Waals surface area (Å²) in [6.07, 6.45) is 0. The van der Waals surface area contributed by atoms with E-state index in [0.717, 1.165) is 0 Å². The van der Waals surface area contributed by atoms with Gasteiger partial charge in [-0.3, -0.25) is 0 Å². The lowest BCUT2D eigenvalue weighted by Gasteiger charge is -1.99. The Bertz CT molecular complexity index is 239. The van der Waals surface area contributed by atoms with E-state index in [9.17, 15) is 4.39 Å². The number of nitrogens with zero attached hydrogens (tertiary/aromatic N) is 1. The Morgan fingerprint density at radius 2 is 2.30 bits per heavy atom. The van der Waals surface area contributed by atoms with Gasteiger partial charge in [0.05, 0.1) is 5.69 Å². The summed E-state index contributed by atoms with van der Waals surface area (Å²) in [7, 11) is 0. The van der Waals surface area contributed by atoms with E-state index >= 15 is 0 Å². The SMILES string of the molecule is Cc1cc(Cl)nc(F)c1N. The Labute approximate surface area is 62.8 Å². The molecule has 0 aliphatic rings. The van der Waals surface area contributed by atoms with Crippen LogP contribution in [0.3, 0.4) is 0 Å². The summed E-state index contributed by atoms with van der Waals surface area (Å²) in [5.41, 5.74) is 5.92. The molecule has 0 aliphatic carbocycles. The van der Waals surface area contributed by atoms with Gasteiger partial charge in [0.2, 0.25) is 5.95 Å². The lowest BCUT2D eigenvalue weighted by Crippen LogP contribution is -1.96. The Morgan fingerprint density at radius 1 is 1.70 bits per heavy atom. The zero-order valence-electron chi connectivity index (χ0n) is 5.36. The van der Waals surface area contributed by atoms with Crippen molar-refractivity contribution in [2.75, 3.05) is 5.73 Å². The van der Waals surface area contributed by atoms with Gasteiger partial charge in [-0.2, -0.15) is 4.39 Å². The van der Waals surface area contributed by atoms with Crippen LogP contribution in [0.1, 0.15) is 5.56 Å². The molecule has 54 valence electrons. The van der Waals surface area contributed by atoms with Gasteiger partial charge in [0.15, 0.2) is 0 Å². The smallest absolute Gasteiger partial charge is 0.237 e. The molecule has 2 nitrogen and oxygen atoms in total. The fourth-order valence-corrected chi connectivity index (χ4v) is 0.843. The third kappa shape index (κ3) is 1.19. The quantitative estimate of drug-likeness (QED) is 0.588. The van der Waals surface area contributed by atoms with E-state index in [2.05, 4.69) is 4.98 Å². The standard InChI is InChI=1S/C6H6ClFN2/c1-3-2-4(7)10-6(8)5(3)9/h2H,9H2,1H3. The topological polar surface area (TPSA) is 38.9 Å². The van der Waals surface area contributed by atoms with Crippen molar-refractivity contribution in [3.05, 3.63) is 22.7 Å². The first kappa shape index (κ1) is 7.28. The summed E-state index contributed by atoms with van der Waals surface area (Å²) in [4.78, 5) is 3.31. The molecule has 2 N–H and O–H groups in total. The van der Waals surface area contributed by atoms with Gasteiger partial charge in [-0.1, -0.05) is 11.6 Å². The summed E-state index contributed by atoms with van der Waals surface area (Å²) < 4.78 is 12.5. The Morgan fingerprint density at radius 3 is 2.80 bits per heavy atom. The molecule has 0 amide bonds. The summed E-state index contributed by atoms with van der Waals surface area (Å²) in [6.45, 7) is 1.67. The van der Waals surface area contributed by atoms with Crippen molar-refractivity contribution in [1.82, 2.24) is 4.98 Å². The van der Waals surface area contributed by atoms with Gasteiger partial charge in [-0.25, -0.2) is 4.98 Å². The molecule has 4 heteroatoms. The van der Waals surface area contributed by atoms with Gasteiger partial charge in [0, 0.05) is 0 Å². The predicted octanol–water partition coefficient (Wildman–Crippen LogP) is 1.76. The van der Waals surface area contributed by atoms with Crippen LogP contribution in [0.5, 0.6) is 0 Å². The number of aryl methyl sites for hydroxylation is 1. The van der Waals surface area contributed by atoms with Crippen LogP contribution in [-0.2, 0) is 0 Å². The molecule has 0 saturated heterocycles. The molecule has 0 aromatic carbocycles. The molecule has 0 radical (unpaired) electrons. The van der Waals surface area contributed by atoms with Crippen molar-refractivity contribution in [3.63, 3.8) is 0 Å². The molecule has 10 heavy (non-hydrogen) atoms. The third-order valence-corrected chi connectivity index (χ3v) is 1.38. The Balaban J connectivity index is 3.31. The van der Waals surface area contributed by atoms with Crippen molar-refractivity contribution in [3.8, 4) is 0 Å². The number of hydrogen-bond donors (Lipinski definition) is 1. The van der Waals surface area contributed by atoms with Crippen molar-refractivity contribution in [2.45, 2.75) is 6.92 Å². The second-order valence-electron chi connectivity index (χ2n) is 1.97. The fraction of sp³-hybridized carbons (Fsp3) is 0.167. The van der Waals surface area contributed by atoms with Gasteiger partial charge in [0.25, 0.3) is 0 Å². The highest BCUT2D eigenvalue weighted by Gasteiger charge is 2.03. The maximum atomic E-state index is 12.5. The Kier molecular flexibility index (Phi) is 1.76. The van der Waals surface area contributed by atoms with E-state index in [0.29, 0.717) is 5.56 Å². The highest BCUT2D eigenvalue weighted by Crippen LogP contribution is 2.16. The summed E-state index contributed by atoms with van der Waals surface area (Å²) in [6, 6.07) is 1.51. The Hall–Kier alpha value is -0.830. The van der Waals surface area contributed by atoms with Crippen LogP contribution in [-0.4, -0.2) is 4.98 Å². The van der Waals surface area contributed by atoms with Gasteiger partial charge in [-0.15, -0.1) is 0 Å². The van der Waals surface area contributed by atoms with E-state index in [4.69, 9.17) is 17.3 Å². The number of pyridine rings is 1. The molecule has 0 saturated carbocycles. The maximum absolute atomic E-state index is 12.5. The number of halogens is 2. The molecule has 1 rings (SSSR count). The number of rotatable bonds is 0. The highest BCUT2D eigenvalue weighted by molar-refractivity contribution is 6.29. The van der Waals surface area contributed by atoms with Crippen molar-refractivity contribution < 1.29 is 4.39 Å². The van der Waals surface area contributed by atoms with E-state index in [-0.39, 0.29) is 10.8 Å². The number of nitrogen functional groups attached to an aromatic ring is 1. The molecule has 1 aromatic rings. The van der Waals surface area contributed by atoms with Gasteiger partial charge in [-0.05, 0) is 18.6 Å². The van der Waals surface area contributed by atoms with E-state index in [1.165, 1.54) is 6.07 Å². The monoisotopic (exact) mass is 160 g/mol. The molecule has 0 unspecified atom stereocenters. The first-order valence-corrected chi connectivity index (χ1v) is 3.07. The number of nitrogens with two attached hydrogens (primary N) is 1. The number of anilines is 1. The molecular formula is C6H6ClFN2. The molecule has 0 spiro atoms. The number of hydrogen-bond acceptors (Lipinski definition) is 2. The van der Waals surface area contributed by atoms with Gasteiger partial charge in [0.1, 0.15) is 5.15 Å². The van der Waals surface area contributed by atoms with Crippen LogP contribution in [0.4, 0.5) is 10.1 Å². The first-order chi connectivity index (χ1) is 4.61. The van der Waals surface area contributed by atoms with Crippen molar-refractivity contribution in [2.24, 2.45) is 0 Å². The molecule has 0 aliphatic heterocycles. The minimum atomic E-state index is -0.704. The largest absolute Gasteiger partial charge is 0.395 e. The molecule has 0 fully saturated rings. The van der Waals surface area contributed by atoms with Gasteiger partial charge >= 0.3 is 0 Å². The average molecular weight is 161 g/mol. The first-order valence-electron chi connectivity index (χ1n) is 2.69. The lowest BCUT2D eigenvalue weighted by molar-refractivity contribution is 0.588. The molecule has 1 heterocycles. The molecule has 1 aromatic heterocycles. The zero-order valence-corrected chi connectivity index (χ0v) is 6.11. The van der Waals surface area contributed by atoms with E-state index < -0.39 is 5.95 Å². The minimum absolute atomic E-state index is 0.0596. The van der Waals surface area contributed by atoms with Crippen LogP contribution in [0.25, 0.3) is 0 Å². The second-order valence-corrected chi connectivity index (χ2v) is 2.35. The third-order valence-electron chi connectivity index (χ3n) is 1.19. The summed E-state index contributed by atoms with van der Waals surface area (Å²) >= 11 is 5.42. The van der Waals surface area contributed by atoms with Crippen molar-refractivity contribution in [1.29, 1.82) is 0 Å². The zero-order chi connectivity index (χ0) is 7.72. The summed E-state index contributed by atoms with van der Waals surface area (Å²) in [5.74, 6) is -0.704. The molecular weight excluding hydrogens is 155 g/mol. The fourth-order valence-electron chi connectivity index (χ4n) is 0.605. The predicted molar refractivity (Wildman–Crippen MR) is 38.4 cm³/mol. The molecule has 0 bridgehead atoms. The summed E-state index contributed by atoms with van der Waals surface area (Å²) in [5, 5.41) is 0.129. The average Bonchev–Trinajstić information content (AvgIpc) is 1.82. The van der Waals surface area contributed by atoms with Crippen LogP contribution in [0.2, 0.25) is 5.15 Å². The molecule has 0 atom stereocenters. The van der Waals surface area contributed by atoms with E-state index in [1.807, 2.05) is 0 Å². The van der Waals surface area contributed by atoms with Crippen LogP contribution >= 0.6 is 11.6 Å². The number of aromatic nitrogens is 1. The van der Waals surface area contributed by atoms with Crippen LogP contribution in [0.15, 0.2) is 6.07 Å². The van der Waals surface area contributed by atoms with Gasteiger partial charge < -0.3 is 5.73 Å². The lowest BCUT2D eigenvalue weighted by atomic mass is 10.2. The van der Waals surface area contributed by atoms with Crippen LogP contribution < -0.4 is 5.73 Å². The minimum Gasteiger partial charge on any atom is -0.395 e. The van der Waals surface area contributed by atoms with Crippen molar-refractivity contribution >= 4 is 17.3 Å².